The molecule has 0 saturated carbocycles. The van der Waals surface area contributed by atoms with Gasteiger partial charge in [-0.15, -0.1) is 0 Å². The van der Waals surface area contributed by atoms with E-state index in [4.69, 9.17) is 5.11 Å². The number of rotatable bonds is 5. The zero-order valence-corrected chi connectivity index (χ0v) is 12.5. The monoisotopic (exact) mass is 294 g/mol. The third-order valence-corrected chi connectivity index (χ3v) is 4.10. The number of carbonyl (C=O) groups is 1. The maximum Gasteiger partial charge on any atom is 0.179 e. The molecule has 2 rings (SSSR count). The summed E-state index contributed by atoms with van der Waals surface area (Å²) in [7, 11) is 0. The Bertz CT molecular complexity index is 464. The van der Waals surface area contributed by atoms with Crippen molar-refractivity contribution in [2.75, 3.05) is 39.3 Å². The highest BCUT2D eigenvalue weighted by Crippen LogP contribution is 2.13. The minimum atomic E-state index is -0.325. The molecule has 1 fully saturated rings. The van der Waals surface area contributed by atoms with E-state index in [0.717, 1.165) is 32.6 Å². The van der Waals surface area contributed by atoms with Crippen LogP contribution in [-0.4, -0.2) is 66.1 Å². The van der Waals surface area contributed by atoms with Crippen molar-refractivity contribution in [3.63, 3.8) is 0 Å². The van der Waals surface area contributed by atoms with Crippen molar-refractivity contribution in [3.05, 3.63) is 35.6 Å². The molecule has 0 aliphatic carbocycles. The van der Waals surface area contributed by atoms with Crippen LogP contribution in [0.2, 0.25) is 0 Å². The Kier molecular flexibility index (Phi) is 5.85. The van der Waals surface area contributed by atoms with E-state index < -0.39 is 0 Å². The predicted molar refractivity (Wildman–Crippen MR) is 79.9 cm³/mol. The topological polar surface area (TPSA) is 43.8 Å². The number of β-amino-alcohol motifs (C(OH)–C–C–N with tert-alkyl or cyclic N) is 1. The molecule has 1 saturated heterocycles. The van der Waals surface area contributed by atoms with Crippen LogP contribution in [0.5, 0.6) is 0 Å². The summed E-state index contributed by atoms with van der Waals surface area (Å²) in [6.07, 6.45) is 0.987. The highest BCUT2D eigenvalue weighted by Gasteiger charge is 2.24. The van der Waals surface area contributed by atoms with E-state index in [1.165, 1.54) is 12.1 Å². The lowest BCUT2D eigenvalue weighted by atomic mass is 10.0. The van der Waals surface area contributed by atoms with Gasteiger partial charge in [0.25, 0.3) is 0 Å². The fourth-order valence-corrected chi connectivity index (χ4v) is 2.76. The van der Waals surface area contributed by atoms with Crippen molar-refractivity contribution in [1.82, 2.24) is 9.80 Å². The summed E-state index contributed by atoms with van der Waals surface area (Å²) < 4.78 is 12.9. The fraction of sp³-hybridized carbons (Fsp3) is 0.562. The molecule has 0 bridgehead atoms. The van der Waals surface area contributed by atoms with Crippen molar-refractivity contribution >= 4 is 5.78 Å². The number of hydrogen-bond donors (Lipinski definition) is 1. The van der Waals surface area contributed by atoms with Crippen LogP contribution < -0.4 is 0 Å². The Balaban J connectivity index is 1.97. The zero-order chi connectivity index (χ0) is 15.2. The molecule has 116 valence electrons. The van der Waals surface area contributed by atoms with E-state index >= 15 is 0 Å². The van der Waals surface area contributed by atoms with Gasteiger partial charge in [-0.05, 0) is 44.2 Å². The maximum atomic E-state index is 12.9. The summed E-state index contributed by atoms with van der Waals surface area (Å²) in [4.78, 5) is 16.8. The van der Waals surface area contributed by atoms with Crippen LogP contribution in [0.4, 0.5) is 4.39 Å². The van der Waals surface area contributed by atoms with Crippen LogP contribution in [0.15, 0.2) is 24.3 Å². The maximum absolute atomic E-state index is 12.9. The second-order valence-electron chi connectivity index (χ2n) is 5.50. The number of aliphatic hydroxyl groups excluding tert-OH is 1. The molecule has 4 nitrogen and oxygen atoms in total. The minimum Gasteiger partial charge on any atom is -0.395 e. The SMILES string of the molecule is CC(C(=O)c1ccc(F)cc1)N1CCCN(CCO)CC1. The van der Waals surface area contributed by atoms with Crippen molar-refractivity contribution in [2.24, 2.45) is 0 Å². The van der Waals surface area contributed by atoms with E-state index in [2.05, 4.69) is 9.80 Å². The number of halogens is 1. The van der Waals surface area contributed by atoms with Crippen molar-refractivity contribution in [1.29, 1.82) is 0 Å². The van der Waals surface area contributed by atoms with Gasteiger partial charge in [0.1, 0.15) is 5.82 Å². The minimum absolute atomic E-state index is 0.0330. The van der Waals surface area contributed by atoms with E-state index in [9.17, 15) is 9.18 Å². The second-order valence-corrected chi connectivity index (χ2v) is 5.50. The number of benzene rings is 1. The van der Waals surface area contributed by atoms with E-state index in [0.29, 0.717) is 12.1 Å². The number of Topliss-reactive ketones (excluding diaryl/α,β-unsaturated/α-hetero) is 1. The van der Waals surface area contributed by atoms with Crippen LogP contribution >= 0.6 is 0 Å². The number of carbonyl (C=O) groups excluding carboxylic acids is 1. The molecule has 21 heavy (non-hydrogen) atoms. The second kappa shape index (κ2) is 7.64. The van der Waals surface area contributed by atoms with Gasteiger partial charge in [0.2, 0.25) is 0 Å². The fourth-order valence-electron chi connectivity index (χ4n) is 2.76. The molecule has 0 amide bonds. The van der Waals surface area contributed by atoms with Crippen LogP contribution in [0.25, 0.3) is 0 Å². The third-order valence-electron chi connectivity index (χ3n) is 4.10. The molecule has 1 heterocycles. The summed E-state index contributed by atoms with van der Waals surface area (Å²) >= 11 is 0. The van der Waals surface area contributed by atoms with Crippen molar-refractivity contribution in [2.45, 2.75) is 19.4 Å². The Morgan fingerprint density at radius 1 is 1.24 bits per heavy atom. The first-order valence-corrected chi connectivity index (χ1v) is 7.49. The molecular weight excluding hydrogens is 271 g/mol. The van der Waals surface area contributed by atoms with Gasteiger partial charge in [-0.25, -0.2) is 4.39 Å². The molecule has 1 aromatic carbocycles. The lowest BCUT2D eigenvalue weighted by Crippen LogP contribution is -2.41. The quantitative estimate of drug-likeness (QED) is 0.834. The van der Waals surface area contributed by atoms with Gasteiger partial charge in [0, 0.05) is 31.7 Å². The first-order valence-electron chi connectivity index (χ1n) is 7.49. The Morgan fingerprint density at radius 2 is 1.95 bits per heavy atom. The molecule has 1 atom stereocenters. The molecular formula is C16H23FN2O2. The highest BCUT2D eigenvalue weighted by molar-refractivity contribution is 5.99. The Labute approximate surface area is 125 Å². The number of nitrogens with zero attached hydrogens (tertiary/aromatic N) is 2. The molecule has 5 heteroatoms. The predicted octanol–water partition coefficient (Wildman–Crippen LogP) is 1.40. The largest absolute Gasteiger partial charge is 0.395 e. The summed E-state index contributed by atoms with van der Waals surface area (Å²) in [5, 5.41) is 9.00. The smallest absolute Gasteiger partial charge is 0.179 e. The van der Waals surface area contributed by atoms with E-state index in [1.807, 2.05) is 6.92 Å². The van der Waals surface area contributed by atoms with Gasteiger partial charge in [-0.3, -0.25) is 14.6 Å². The molecule has 1 aliphatic rings. The lowest BCUT2D eigenvalue weighted by molar-refractivity contribution is 0.0841. The molecule has 1 N–H and O–H groups in total. The molecule has 0 aromatic heterocycles. The average Bonchev–Trinajstić information content (AvgIpc) is 2.73. The zero-order valence-electron chi connectivity index (χ0n) is 12.5. The first kappa shape index (κ1) is 16.1. The molecule has 0 spiro atoms. The van der Waals surface area contributed by atoms with Gasteiger partial charge < -0.3 is 5.11 Å². The average molecular weight is 294 g/mol. The van der Waals surface area contributed by atoms with Gasteiger partial charge in [-0.2, -0.15) is 0 Å². The highest BCUT2D eigenvalue weighted by atomic mass is 19.1. The molecule has 1 unspecified atom stereocenters. The van der Waals surface area contributed by atoms with Gasteiger partial charge in [0.15, 0.2) is 5.78 Å². The molecule has 1 aromatic rings. The standard InChI is InChI=1S/C16H23FN2O2/c1-13(16(21)14-3-5-15(17)6-4-14)19-8-2-7-18(9-10-19)11-12-20/h3-6,13,20H,2,7-12H2,1H3. The van der Waals surface area contributed by atoms with E-state index in [-0.39, 0.29) is 24.2 Å². The summed E-state index contributed by atoms with van der Waals surface area (Å²) in [5.41, 5.74) is 0.556. The van der Waals surface area contributed by atoms with Crippen LogP contribution in [0.3, 0.4) is 0 Å². The summed E-state index contributed by atoms with van der Waals surface area (Å²) in [6.45, 7) is 6.27. The number of aliphatic hydroxyl groups is 1. The van der Waals surface area contributed by atoms with Crippen LogP contribution in [0.1, 0.15) is 23.7 Å². The Morgan fingerprint density at radius 3 is 2.62 bits per heavy atom. The van der Waals surface area contributed by atoms with Gasteiger partial charge in [-0.1, -0.05) is 0 Å². The van der Waals surface area contributed by atoms with E-state index in [1.54, 1.807) is 12.1 Å². The molecule has 0 radical (unpaired) electrons. The molecule has 1 aliphatic heterocycles. The first-order chi connectivity index (χ1) is 10.1. The normalized spacial score (nSPS) is 19.2. The summed E-state index contributed by atoms with van der Waals surface area (Å²) in [6, 6.07) is 5.54. The Hall–Kier alpha value is -1.30. The van der Waals surface area contributed by atoms with Gasteiger partial charge in [0.05, 0.1) is 12.6 Å². The van der Waals surface area contributed by atoms with Crippen molar-refractivity contribution < 1.29 is 14.3 Å². The number of hydrogen-bond acceptors (Lipinski definition) is 4. The van der Waals surface area contributed by atoms with Crippen LogP contribution in [-0.2, 0) is 0 Å². The summed E-state index contributed by atoms with van der Waals surface area (Å²) in [5.74, 6) is -0.292. The van der Waals surface area contributed by atoms with Crippen LogP contribution in [0, 0.1) is 5.82 Å². The van der Waals surface area contributed by atoms with Gasteiger partial charge >= 0.3 is 0 Å². The number of ketones is 1. The third kappa shape index (κ3) is 4.33. The van der Waals surface area contributed by atoms with Crippen molar-refractivity contribution in [3.8, 4) is 0 Å². The lowest BCUT2D eigenvalue weighted by Gasteiger charge is -2.26.